The van der Waals surface area contributed by atoms with E-state index in [9.17, 15) is 24.0 Å². The van der Waals surface area contributed by atoms with Crippen LogP contribution < -0.4 is 16.0 Å². The van der Waals surface area contributed by atoms with Gasteiger partial charge in [-0.15, -0.1) is 0 Å². The Hall–Kier alpha value is -6.64. The molecule has 1 atom stereocenters. The maximum absolute atomic E-state index is 13.4. The topological polar surface area (TPSA) is 170 Å². The van der Waals surface area contributed by atoms with Crippen molar-refractivity contribution in [3.05, 3.63) is 131 Å². The second-order valence-electron chi connectivity index (χ2n) is 16.9. The van der Waals surface area contributed by atoms with Gasteiger partial charge in [-0.2, -0.15) is 0 Å². The number of aryl methyl sites for hydroxylation is 1. The van der Waals surface area contributed by atoms with E-state index in [0.717, 1.165) is 97.9 Å². The zero-order valence-corrected chi connectivity index (χ0v) is 34.7. The summed E-state index contributed by atoms with van der Waals surface area (Å²) in [7, 11) is 0. The van der Waals surface area contributed by atoms with E-state index in [1.54, 1.807) is 24.7 Å². The third kappa shape index (κ3) is 8.88. The molecule has 62 heavy (non-hydrogen) atoms. The minimum absolute atomic E-state index is 0.102. The minimum Gasteiger partial charge on any atom is -0.324 e. The van der Waals surface area contributed by atoms with Gasteiger partial charge in [0.2, 0.25) is 17.8 Å². The standard InChI is InChI=1S/C48H49N9O5/c1-30-4-10-37(26-41(30)53-48-50-20-14-40(52-48)36-3-2-19-49-27-36)51-44(59)34-7-5-31(6-8-34)28-55-21-15-32(16-22-55)29-56-23-17-33(18-24-56)35-9-11-38-39(25-35)47(62)57(46(38)61)42-12-13-43(58)54-45(42)60/h2-11,14,19-20,25-27,32-33,42H,12-13,15-18,21-24,28-29H2,1H3,(H,51,59)(H,50,52,53)(H,54,58,60). The Bertz CT molecular complexity index is 2510. The molecule has 3 N–H and O–H groups in total. The lowest BCUT2D eigenvalue weighted by Gasteiger charge is -2.38. The molecule has 6 heterocycles. The van der Waals surface area contributed by atoms with Gasteiger partial charge in [-0.1, -0.05) is 24.3 Å². The Morgan fingerprint density at radius 2 is 1.58 bits per heavy atom. The summed E-state index contributed by atoms with van der Waals surface area (Å²) in [6.45, 7) is 7.94. The average Bonchev–Trinajstić information content (AvgIpc) is 3.54. The highest BCUT2D eigenvalue weighted by molar-refractivity contribution is 6.23. The van der Waals surface area contributed by atoms with E-state index in [-0.39, 0.29) is 24.7 Å². The molecule has 2 aromatic heterocycles. The summed E-state index contributed by atoms with van der Waals surface area (Å²) < 4.78 is 0. The molecule has 5 amide bonds. The number of rotatable bonds is 11. The van der Waals surface area contributed by atoms with Crippen molar-refractivity contribution < 1.29 is 24.0 Å². The molecule has 0 bridgehead atoms. The number of aromatic nitrogens is 3. The predicted molar refractivity (Wildman–Crippen MR) is 234 cm³/mol. The summed E-state index contributed by atoms with van der Waals surface area (Å²) in [5.41, 5.74) is 7.62. The van der Waals surface area contributed by atoms with Gasteiger partial charge in [0.25, 0.3) is 17.7 Å². The Kier molecular flexibility index (Phi) is 11.7. The molecule has 4 aliphatic heterocycles. The fourth-order valence-corrected chi connectivity index (χ4v) is 9.16. The summed E-state index contributed by atoms with van der Waals surface area (Å²) >= 11 is 0. The first-order chi connectivity index (χ1) is 30.1. The Morgan fingerprint density at radius 3 is 2.34 bits per heavy atom. The second-order valence-corrected chi connectivity index (χ2v) is 16.9. The third-order valence-corrected chi connectivity index (χ3v) is 12.7. The molecule has 5 aromatic rings. The van der Waals surface area contributed by atoms with E-state index in [2.05, 4.69) is 40.7 Å². The number of piperidine rings is 3. The average molecular weight is 832 g/mol. The molecule has 3 aromatic carbocycles. The number of likely N-dealkylation sites (tertiary alicyclic amines) is 2. The van der Waals surface area contributed by atoms with Crippen LogP contribution in [-0.4, -0.2) is 98.0 Å². The van der Waals surface area contributed by atoms with Crippen molar-refractivity contribution in [2.45, 2.75) is 64.0 Å². The van der Waals surface area contributed by atoms with E-state index in [0.29, 0.717) is 40.2 Å². The largest absolute Gasteiger partial charge is 0.324 e. The van der Waals surface area contributed by atoms with Crippen molar-refractivity contribution in [1.29, 1.82) is 0 Å². The van der Waals surface area contributed by atoms with Gasteiger partial charge < -0.3 is 15.5 Å². The first-order valence-electron chi connectivity index (χ1n) is 21.5. The van der Waals surface area contributed by atoms with E-state index < -0.39 is 23.8 Å². The molecule has 3 fully saturated rings. The van der Waals surface area contributed by atoms with E-state index in [1.807, 2.05) is 79.7 Å². The van der Waals surface area contributed by atoms with Crippen molar-refractivity contribution in [1.82, 2.24) is 35.0 Å². The number of benzene rings is 3. The van der Waals surface area contributed by atoms with Gasteiger partial charge in [0.15, 0.2) is 0 Å². The van der Waals surface area contributed by atoms with Crippen LogP contribution in [0.1, 0.15) is 92.2 Å². The number of anilines is 3. The lowest BCUT2D eigenvalue weighted by Crippen LogP contribution is -2.54. The minimum atomic E-state index is -0.957. The predicted octanol–water partition coefficient (Wildman–Crippen LogP) is 6.34. The van der Waals surface area contributed by atoms with Crippen LogP contribution in [0.15, 0.2) is 97.5 Å². The zero-order chi connectivity index (χ0) is 42.7. The lowest BCUT2D eigenvalue weighted by atomic mass is 9.87. The van der Waals surface area contributed by atoms with Gasteiger partial charge in [0.1, 0.15) is 6.04 Å². The number of nitrogens with zero attached hydrogens (tertiary/aromatic N) is 6. The number of imide groups is 2. The van der Waals surface area contributed by atoms with Crippen LogP contribution in [0.3, 0.4) is 0 Å². The first-order valence-corrected chi connectivity index (χ1v) is 21.5. The fraction of sp³-hybridized carbons (Fsp3) is 0.333. The van der Waals surface area contributed by atoms with Crippen molar-refractivity contribution >= 4 is 46.9 Å². The molecule has 1 unspecified atom stereocenters. The molecule has 3 saturated heterocycles. The SMILES string of the molecule is Cc1ccc(NC(=O)c2ccc(CN3CCC(CN4CCC(c5ccc6c(c5)C(=O)N(C5CCC(=O)NC5=O)C6=O)CC4)CC3)cc2)cc1Nc1nccc(-c2cccnc2)n1. The fourth-order valence-electron chi connectivity index (χ4n) is 9.16. The summed E-state index contributed by atoms with van der Waals surface area (Å²) in [5, 5.41) is 8.59. The summed E-state index contributed by atoms with van der Waals surface area (Å²) in [4.78, 5) is 83.2. The molecule has 0 aliphatic carbocycles. The van der Waals surface area contributed by atoms with Gasteiger partial charge >= 0.3 is 0 Å². The normalized spacial score (nSPS) is 19.0. The molecule has 4 aliphatic rings. The van der Waals surface area contributed by atoms with Crippen molar-refractivity contribution in [3.63, 3.8) is 0 Å². The molecule has 0 radical (unpaired) electrons. The highest BCUT2D eigenvalue weighted by Crippen LogP contribution is 2.35. The first kappa shape index (κ1) is 40.7. The van der Waals surface area contributed by atoms with E-state index in [4.69, 9.17) is 0 Å². The van der Waals surface area contributed by atoms with Crippen LogP contribution in [0.5, 0.6) is 0 Å². The quantitative estimate of drug-likeness (QED) is 0.127. The van der Waals surface area contributed by atoms with Crippen molar-refractivity contribution in [2.75, 3.05) is 43.4 Å². The summed E-state index contributed by atoms with van der Waals surface area (Å²) in [6.07, 6.45) is 9.68. The van der Waals surface area contributed by atoms with Gasteiger partial charge in [0.05, 0.1) is 16.8 Å². The number of amides is 5. The Morgan fingerprint density at radius 1 is 0.806 bits per heavy atom. The van der Waals surface area contributed by atoms with Crippen LogP contribution in [0.2, 0.25) is 0 Å². The molecule has 0 spiro atoms. The smallest absolute Gasteiger partial charge is 0.262 e. The van der Waals surface area contributed by atoms with Gasteiger partial charge in [-0.3, -0.25) is 44.1 Å². The van der Waals surface area contributed by atoms with Crippen LogP contribution in [-0.2, 0) is 16.1 Å². The Balaban J connectivity index is 0.716. The molecule has 316 valence electrons. The second kappa shape index (κ2) is 17.8. The van der Waals surface area contributed by atoms with Gasteiger partial charge in [-0.25, -0.2) is 9.97 Å². The highest BCUT2D eigenvalue weighted by Gasteiger charge is 2.45. The number of hydrogen-bond donors (Lipinski definition) is 3. The zero-order valence-electron chi connectivity index (χ0n) is 34.7. The van der Waals surface area contributed by atoms with E-state index in [1.165, 1.54) is 5.56 Å². The molecular formula is C48H49N9O5. The third-order valence-electron chi connectivity index (χ3n) is 12.7. The number of carbonyl (C=O) groups is 5. The van der Waals surface area contributed by atoms with Gasteiger partial charge in [-0.05, 0) is 148 Å². The van der Waals surface area contributed by atoms with E-state index >= 15 is 0 Å². The number of fused-ring (bicyclic) bond motifs is 1. The maximum atomic E-state index is 13.4. The van der Waals surface area contributed by atoms with Crippen LogP contribution in [0, 0.1) is 12.8 Å². The number of hydrogen-bond acceptors (Lipinski definition) is 11. The molecule has 14 heteroatoms. The van der Waals surface area contributed by atoms with Crippen LogP contribution in [0.25, 0.3) is 11.3 Å². The number of pyridine rings is 1. The molecule has 14 nitrogen and oxygen atoms in total. The number of nitrogens with one attached hydrogen (secondary N) is 3. The summed E-state index contributed by atoms with van der Waals surface area (Å²) in [5.74, 6) is -0.693. The molecule has 0 saturated carbocycles. The number of carbonyl (C=O) groups excluding carboxylic acids is 5. The molecule has 9 rings (SSSR count). The maximum Gasteiger partial charge on any atom is 0.262 e. The molecular weight excluding hydrogens is 783 g/mol. The summed E-state index contributed by atoms with van der Waals surface area (Å²) in [6, 6.07) is 23.8. The van der Waals surface area contributed by atoms with Crippen LogP contribution >= 0.6 is 0 Å². The van der Waals surface area contributed by atoms with Crippen LogP contribution in [0.4, 0.5) is 17.3 Å². The lowest BCUT2D eigenvalue weighted by molar-refractivity contribution is -0.136. The monoisotopic (exact) mass is 831 g/mol. The highest BCUT2D eigenvalue weighted by atomic mass is 16.2. The Labute approximate surface area is 360 Å². The van der Waals surface area contributed by atoms with Gasteiger partial charge in [0, 0.05) is 60.6 Å². The van der Waals surface area contributed by atoms with Crippen molar-refractivity contribution in [3.8, 4) is 11.3 Å². The van der Waals surface area contributed by atoms with Crippen molar-refractivity contribution in [2.24, 2.45) is 5.92 Å².